The van der Waals surface area contributed by atoms with Crippen LogP contribution in [-0.2, 0) is 28.7 Å². The lowest BCUT2D eigenvalue weighted by atomic mass is 9.43. The van der Waals surface area contributed by atoms with Crippen LogP contribution in [0.3, 0.4) is 0 Å². The molecule has 10 nitrogen and oxygen atoms in total. The molecule has 3 aliphatic carbocycles. The maximum atomic E-state index is 14.4. The van der Waals surface area contributed by atoms with Crippen LogP contribution in [0.1, 0.15) is 20.8 Å². The molecule has 11 heteroatoms. The number of hydrogen-bond acceptors (Lipinski definition) is 8. The molecule has 218 valence electrons. The van der Waals surface area contributed by atoms with Gasteiger partial charge in [-0.3, -0.25) is 19.2 Å². The van der Waals surface area contributed by atoms with Gasteiger partial charge in [0.25, 0.3) is 0 Å². The highest BCUT2D eigenvalue weighted by Gasteiger charge is 2.81. The summed E-state index contributed by atoms with van der Waals surface area (Å²) in [6.45, 7) is 5.02. The SMILES string of the molecule is CCOC(=O)C1=C(C)C2(Br)[C@@H]3C(=O)N(c4ccccc4OC)C(=O)[C@@H]3C1(C)[C@H]1C(=O)N(c3ccccc3OC)C(=O)[C@@H]12. The van der Waals surface area contributed by atoms with E-state index in [0.29, 0.717) is 17.1 Å². The third-order valence-electron chi connectivity index (χ3n) is 9.43. The van der Waals surface area contributed by atoms with Crippen LogP contribution in [0.2, 0.25) is 0 Å². The standard InChI is InChI=1S/C31H29BrN2O8/c1-6-42-29(39)20-15(2)31(32)23-21(25(35)33(27(23)37)16-11-7-9-13-18(16)40-4)30(20,3)22-24(31)28(38)34(26(22)36)17-12-8-10-14-19(17)41-5/h7-14,21-24H,6H2,1-5H3/t21-,22-,23-,24+,30?,31?/m1/s1. The van der Waals surface area contributed by atoms with Crippen molar-refractivity contribution in [2.24, 2.45) is 29.1 Å². The van der Waals surface area contributed by atoms with Gasteiger partial charge in [0.2, 0.25) is 23.6 Å². The summed E-state index contributed by atoms with van der Waals surface area (Å²) in [5.41, 5.74) is -0.518. The van der Waals surface area contributed by atoms with Crippen LogP contribution >= 0.6 is 15.9 Å². The minimum Gasteiger partial charge on any atom is -0.495 e. The molecule has 2 heterocycles. The molecule has 0 radical (unpaired) electrons. The summed E-state index contributed by atoms with van der Waals surface area (Å²) >= 11 is 3.78. The first kappa shape index (κ1) is 28.1. The molecule has 2 unspecified atom stereocenters. The molecule has 2 aromatic carbocycles. The van der Waals surface area contributed by atoms with Gasteiger partial charge in [0.1, 0.15) is 11.5 Å². The molecule has 0 N–H and O–H groups in total. The Morgan fingerprint density at radius 2 is 1.19 bits per heavy atom. The first-order chi connectivity index (χ1) is 20.0. The summed E-state index contributed by atoms with van der Waals surface area (Å²) < 4.78 is 14.9. The number of alkyl halides is 1. The highest BCUT2D eigenvalue weighted by Crippen LogP contribution is 2.73. The number of esters is 1. The number of hydrogen-bond donors (Lipinski definition) is 0. The van der Waals surface area contributed by atoms with Crippen molar-refractivity contribution >= 4 is 56.9 Å². The van der Waals surface area contributed by atoms with E-state index in [1.54, 1.807) is 69.3 Å². The average molecular weight is 637 g/mol. The van der Waals surface area contributed by atoms with E-state index in [1.807, 2.05) is 0 Å². The van der Waals surface area contributed by atoms with Crippen molar-refractivity contribution in [3.8, 4) is 11.5 Å². The van der Waals surface area contributed by atoms with Gasteiger partial charge in [-0.1, -0.05) is 47.1 Å². The number of benzene rings is 2. The number of rotatable bonds is 6. The molecule has 5 aliphatic rings. The quantitative estimate of drug-likeness (QED) is 0.268. The number of imide groups is 2. The lowest BCUT2D eigenvalue weighted by molar-refractivity contribution is -0.152. The highest BCUT2D eigenvalue weighted by atomic mass is 79.9. The summed E-state index contributed by atoms with van der Waals surface area (Å²) in [5.74, 6) is -6.79. The molecule has 2 aliphatic heterocycles. The Hall–Kier alpha value is -3.99. The Morgan fingerprint density at radius 3 is 1.60 bits per heavy atom. The van der Waals surface area contributed by atoms with Crippen molar-refractivity contribution in [3.05, 3.63) is 59.7 Å². The maximum absolute atomic E-state index is 14.4. The molecule has 0 aromatic heterocycles. The summed E-state index contributed by atoms with van der Waals surface area (Å²) in [6, 6.07) is 13.3. The van der Waals surface area contributed by atoms with Crippen LogP contribution in [0.4, 0.5) is 11.4 Å². The van der Waals surface area contributed by atoms with Crippen molar-refractivity contribution in [1.29, 1.82) is 0 Å². The van der Waals surface area contributed by atoms with Crippen molar-refractivity contribution < 1.29 is 38.2 Å². The third-order valence-corrected chi connectivity index (χ3v) is 11.0. The second-order valence-corrected chi connectivity index (χ2v) is 12.4. The summed E-state index contributed by atoms with van der Waals surface area (Å²) in [6.07, 6.45) is 0. The monoisotopic (exact) mass is 636 g/mol. The number of amides is 4. The molecule has 2 aromatic rings. The molecule has 7 rings (SSSR count). The van der Waals surface area contributed by atoms with Gasteiger partial charge in [-0.15, -0.1) is 0 Å². The van der Waals surface area contributed by atoms with Gasteiger partial charge in [0.05, 0.1) is 60.2 Å². The predicted molar refractivity (Wildman–Crippen MR) is 154 cm³/mol. The number of methoxy groups -OCH3 is 2. The predicted octanol–water partition coefficient (Wildman–Crippen LogP) is 3.66. The number of anilines is 2. The maximum Gasteiger partial charge on any atom is 0.334 e. The first-order valence-corrected chi connectivity index (χ1v) is 14.4. The lowest BCUT2D eigenvalue weighted by Gasteiger charge is -2.59. The molecule has 1 saturated carbocycles. The Morgan fingerprint density at radius 1 is 0.786 bits per heavy atom. The zero-order chi connectivity index (χ0) is 30.3. The van der Waals surface area contributed by atoms with Crippen molar-refractivity contribution in [1.82, 2.24) is 0 Å². The fourth-order valence-corrected chi connectivity index (χ4v) is 8.95. The Kier molecular flexibility index (Phi) is 6.38. The van der Waals surface area contributed by atoms with Crippen LogP contribution < -0.4 is 19.3 Å². The third kappa shape index (κ3) is 3.22. The van der Waals surface area contributed by atoms with E-state index >= 15 is 0 Å². The molecule has 0 spiro atoms. The molecular formula is C31H29BrN2O8. The number of para-hydroxylation sites is 4. The van der Waals surface area contributed by atoms with Crippen LogP contribution in [0.5, 0.6) is 11.5 Å². The fourth-order valence-electron chi connectivity index (χ4n) is 7.83. The molecule has 6 atom stereocenters. The largest absolute Gasteiger partial charge is 0.495 e. The molecule has 3 fully saturated rings. The van der Waals surface area contributed by atoms with Crippen LogP contribution in [0.25, 0.3) is 0 Å². The smallest absolute Gasteiger partial charge is 0.334 e. The zero-order valence-electron chi connectivity index (χ0n) is 23.7. The van der Waals surface area contributed by atoms with Gasteiger partial charge in [-0.05, 0) is 43.7 Å². The minimum absolute atomic E-state index is 0.0591. The van der Waals surface area contributed by atoms with E-state index in [0.717, 1.165) is 9.80 Å². The van der Waals surface area contributed by atoms with E-state index in [1.165, 1.54) is 14.2 Å². The fraction of sp³-hybridized carbons (Fsp3) is 0.387. The van der Waals surface area contributed by atoms with E-state index < -0.39 is 63.0 Å². The summed E-state index contributed by atoms with van der Waals surface area (Å²) in [4.78, 5) is 73.4. The summed E-state index contributed by atoms with van der Waals surface area (Å²) in [5, 5.41) is 0. The second-order valence-electron chi connectivity index (χ2n) is 11.0. The van der Waals surface area contributed by atoms with Crippen LogP contribution in [0.15, 0.2) is 59.7 Å². The van der Waals surface area contributed by atoms with Gasteiger partial charge in [-0.25, -0.2) is 14.6 Å². The molecular weight excluding hydrogens is 608 g/mol. The number of halogens is 1. The van der Waals surface area contributed by atoms with Crippen molar-refractivity contribution in [2.75, 3.05) is 30.6 Å². The van der Waals surface area contributed by atoms with Gasteiger partial charge in [0.15, 0.2) is 0 Å². The number of ether oxygens (including phenoxy) is 3. The first-order valence-electron chi connectivity index (χ1n) is 13.6. The molecule has 2 bridgehead atoms. The number of allylic oxidation sites excluding steroid dienone is 1. The topological polar surface area (TPSA) is 120 Å². The van der Waals surface area contributed by atoms with E-state index in [9.17, 15) is 24.0 Å². The highest BCUT2D eigenvalue weighted by molar-refractivity contribution is 9.10. The Bertz CT molecular complexity index is 1520. The molecule has 42 heavy (non-hydrogen) atoms. The van der Waals surface area contributed by atoms with Gasteiger partial charge >= 0.3 is 5.97 Å². The van der Waals surface area contributed by atoms with E-state index in [4.69, 9.17) is 14.2 Å². The van der Waals surface area contributed by atoms with Crippen LogP contribution in [-0.4, -0.2) is 54.7 Å². The van der Waals surface area contributed by atoms with Crippen molar-refractivity contribution in [2.45, 2.75) is 25.1 Å². The van der Waals surface area contributed by atoms with Crippen molar-refractivity contribution in [3.63, 3.8) is 0 Å². The van der Waals surface area contributed by atoms with Gasteiger partial charge in [-0.2, -0.15) is 0 Å². The number of carbonyl (C=O) groups is 5. The van der Waals surface area contributed by atoms with E-state index in [-0.39, 0.29) is 23.6 Å². The molecule has 4 amide bonds. The van der Waals surface area contributed by atoms with Gasteiger partial charge in [0, 0.05) is 11.0 Å². The lowest BCUT2D eigenvalue weighted by Crippen LogP contribution is -2.67. The van der Waals surface area contributed by atoms with E-state index in [2.05, 4.69) is 15.9 Å². The average Bonchev–Trinajstić information content (AvgIpc) is 3.41. The normalized spacial score (nSPS) is 31.5. The second kappa shape index (κ2) is 9.52. The summed E-state index contributed by atoms with van der Waals surface area (Å²) in [7, 11) is 2.87. The molecule has 2 saturated heterocycles. The Balaban J connectivity index is 1.60. The minimum atomic E-state index is -1.55. The van der Waals surface area contributed by atoms with Gasteiger partial charge < -0.3 is 14.2 Å². The Labute approximate surface area is 250 Å². The zero-order valence-corrected chi connectivity index (χ0v) is 25.3. The number of carbonyl (C=O) groups excluding carboxylic acids is 5. The number of nitrogens with zero attached hydrogens (tertiary/aromatic N) is 2. The van der Waals surface area contributed by atoms with Crippen LogP contribution in [0, 0.1) is 29.1 Å².